The van der Waals surface area contributed by atoms with Crippen LogP contribution in [-0.2, 0) is 24.1 Å². The highest BCUT2D eigenvalue weighted by molar-refractivity contribution is 7.88. The number of hydrogen-bond acceptors (Lipinski definition) is 11. The Hall–Kier alpha value is -4.93. The van der Waals surface area contributed by atoms with Crippen molar-refractivity contribution in [3.63, 3.8) is 0 Å². The van der Waals surface area contributed by atoms with Gasteiger partial charge in [0.2, 0.25) is 21.9 Å². The van der Waals surface area contributed by atoms with E-state index in [2.05, 4.69) is 35.3 Å². The number of hydrogen-bond donors (Lipinski definition) is 4. The van der Waals surface area contributed by atoms with Gasteiger partial charge in [-0.25, -0.2) is 23.1 Å². The molecule has 2 aromatic carbocycles. The number of benzene rings is 2. The van der Waals surface area contributed by atoms with Gasteiger partial charge in [0, 0.05) is 93.7 Å². The number of rotatable bonds is 8. The van der Waals surface area contributed by atoms with Crippen LogP contribution in [0.25, 0.3) is 44.3 Å². The van der Waals surface area contributed by atoms with Crippen molar-refractivity contribution in [1.29, 1.82) is 0 Å². The zero-order valence-corrected chi connectivity index (χ0v) is 34.8. The summed E-state index contributed by atoms with van der Waals surface area (Å²) >= 11 is 12.6. The van der Waals surface area contributed by atoms with Gasteiger partial charge in [-0.3, -0.25) is 18.7 Å². The third-order valence-corrected chi connectivity index (χ3v) is 12.2. The molecule has 4 heterocycles. The quantitative estimate of drug-likeness (QED) is 0.135. The lowest BCUT2D eigenvalue weighted by Crippen LogP contribution is -2.39. The van der Waals surface area contributed by atoms with Crippen molar-refractivity contribution in [1.82, 2.24) is 33.8 Å². The Balaban J connectivity index is 0.000000178. The molecule has 14 nitrogen and oxygen atoms in total. The number of nitrogens with one attached hydrogen (secondary N) is 3. The summed E-state index contributed by atoms with van der Waals surface area (Å²) in [7, 11) is 0.213. The molecular weight excluding hydrogens is 799 g/mol. The van der Waals surface area contributed by atoms with E-state index < -0.39 is 10.0 Å². The zero-order valence-electron chi connectivity index (χ0n) is 32.5. The molecule has 2 aliphatic carbocycles. The highest BCUT2D eigenvalue weighted by atomic mass is 35.5. The van der Waals surface area contributed by atoms with Crippen LogP contribution in [0.4, 0.5) is 11.9 Å². The number of pyridine rings is 2. The van der Waals surface area contributed by atoms with Crippen molar-refractivity contribution in [2.24, 2.45) is 19.8 Å². The van der Waals surface area contributed by atoms with Crippen LogP contribution in [0.5, 0.6) is 0 Å². The lowest BCUT2D eigenvalue weighted by atomic mass is 9.92. The first-order chi connectivity index (χ1) is 27.7. The van der Waals surface area contributed by atoms with Crippen LogP contribution in [0.3, 0.4) is 0 Å². The average molecular weight is 846 g/mol. The zero-order chi connectivity index (χ0) is 41.1. The maximum atomic E-state index is 13.0. The second kappa shape index (κ2) is 17.5. The van der Waals surface area contributed by atoms with Crippen LogP contribution >= 0.6 is 23.2 Å². The highest BCUT2D eigenvalue weighted by Crippen LogP contribution is 2.29. The summed E-state index contributed by atoms with van der Waals surface area (Å²) in [6.07, 6.45) is 11.8. The maximum Gasteiger partial charge on any atom is 0.259 e. The Bertz CT molecular complexity index is 2690. The summed E-state index contributed by atoms with van der Waals surface area (Å²) in [5.41, 5.74) is 9.21. The van der Waals surface area contributed by atoms with E-state index in [0.717, 1.165) is 62.1 Å². The molecule has 0 amide bonds. The molecule has 0 spiro atoms. The first-order valence-electron chi connectivity index (χ1n) is 19.2. The van der Waals surface area contributed by atoms with E-state index in [1.54, 1.807) is 49.3 Å². The summed E-state index contributed by atoms with van der Waals surface area (Å²) in [6.45, 7) is 0. The first-order valence-corrected chi connectivity index (χ1v) is 21.9. The first kappa shape index (κ1) is 41.2. The van der Waals surface area contributed by atoms with E-state index in [1.807, 2.05) is 42.5 Å². The molecule has 2 aliphatic rings. The van der Waals surface area contributed by atoms with Crippen molar-refractivity contribution in [3.8, 4) is 22.3 Å². The van der Waals surface area contributed by atoms with E-state index in [1.165, 1.54) is 10.8 Å². The number of nitrogens with zero attached hydrogens (tertiary/aromatic N) is 6. The van der Waals surface area contributed by atoms with Crippen LogP contribution < -0.4 is 32.2 Å². The van der Waals surface area contributed by atoms with Crippen molar-refractivity contribution < 1.29 is 8.42 Å². The molecule has 0 bridgehead atoms. The largest absolute Gasteiger partial charge is 0.351 e. The van der Waals surface area contributed by atoms with Crippen molar-refractivity contribution in [3.05, 3.63) is 104 Å². The van der Waals surface area contributed by atoms with E-state index in [9.17, 15) is 18.0 Å². The molecule has 0 radical (unpaired) electrons. The molecule has 0 aliphatic heterocycles. The van der Waals surface area contributed by atoms with Crippen LogP contribution in [0.15, 0.2) is 82.6 Å². The smallest absolute Gasteiger partial charge is 0.259 e. The number of aryl methyl sites for hydroxylation is 2. The minimum atomic E-state index is -3.20. The average Bonchev–Trinajstić information content (AvgIpc) is 3.20. The molecule has 4 aromatic heterocycles. The third-order valence-electron chi connectivity index (χ3n) is 10.8. The van der Waals surface area contributed by atoms with E-state index in [0.29, 0.717) is 67.6 Å². The number of anilines is 2. The van der Waals surface area contributed by atoms with Gasteiger partial charge in [0.25, 0.3) is 11.1 Å². The van der Waals surface area contributed by atoms with Gasteiger partial charge in [0.15, 0.2) is 0 Å². The molecule has 0 saturated heterocycles. The molecule has 17 heteroatoms. The Morgan fingerprint density at radius 1 is 0.638 bits per heavy atom. The molecule has 8 rings (SSSR count). The van der Waals surface area contributed by atoms with Crippen LogP contribution in [0.2, 0.25) is 10.0 Å². The molecule has 2 saturated carbocycles. The normalized spacial score (nSPS) is 19.7. The molecular formula is C41H46Cl2N10O4S. The van der Waals surface area contributed by atoms with Gasteiger partial charge in [-0.05, 0) is 75.6 Å². The topological polar surface area (TPSA) is 192 Å². The highest BCUT2D eigenvalue weighted by Gasteiger charge is 2.24. The molecule has 2 fully saturated rings. The van der Waals surface area contributed by atoms with Gasteiger partial charge in [0.05, 0.1) is 6.26 Å². The number of nitrogens with two attached hydrogens (primary N) is 1. The predicted molar refractivity (Wildman–Crippen MR) is 232 cm³/mol. The number of fused-ring (bicyclic) bond motifs is 2. The SMILES string of the molecule is Cn1c(=O)c(-c2ccccc2Cl)cc2cnc(NC3CCC(N)CC3)nc21.Cn1c(=O)c(-c2ccccc2Cl)cc2cnc(NC3CCC(NS(C)(=O)=O)CC3)nc21. The molecule has 304 valence electrons. The molecule has 0 unspecified atom stereocenters. The molecule has 0 atom stereocenters. The summed E-state index contributed by atoms with van der Waals surface area (Å²) in [4.78, 5) is 43.9. The summed E-state index contributed by atoms with van der Waals surface area (Å²) in [5, 5.41) is 9.30. The van der Waals surface area contributed by atoms with Crippen molar-refractivity contribution >= 4 is 67.2 Å². The maximum absolute atomic E-state index is 13.0. The fourth-order valence-electron chi connectivity index (χ4n) is 7.66. The van der Waals surface area contributed by atoms with Crippen molar-refractivity contribution in [2.75, 3.05) is 16.9 Å². The number of aromatic nitrogens is 6. The van der Waals surface area contributed by atoms with E-state index in [-0.39, 0.29) is 23.2 Å². The third kappa shape index (κ3) is 9.50. The fraction of sp³-hybridized carbons (Fsp3) is 0.366. The van der Waals surface area contributed by atoms with E-state index in [4.69, 9.17) is 28.9 Å². The second-order valence-corrected chi connectivity index (χ2v) is 17.7. The lowest BCUT2D eigenvalue weighted by Gasteiger charge is -2.29. The van der Waals surface area contributed by atoms with Gasteiger partial charge < -0.3 is 16.4 Å². The van der Waals surface area contributed by atoms with Gasteiger partial charge in [-0.2, -0.15) is 9.97 Å². The van der Waals surface area contributed by atoms with Gasteiger partial charge in [0.1, 0.15) is 11.3 Å². The minimum Gasteiger partial charge on any atom is -0.351 e. The van der Waals surface area contributed by atoms with Crippen LogP contribution in [-0.4, -0.2) is 67.9 Å². The molecule has 6 aromatic rings. The minimum absolute atomic E-state index is 0.0328. The summed E-state index contributed by atoms with van der Waals surface area (Å²) < 4.78 is 28.5. The second-order valence-electron chi connectivity index (χ2n) is 15.1. The van der Waals surface area contributed by atoms with Crippen LogP contribution in [0.1, 0.15) is 51.4 Å². The van der Waals surface area contributed by atoms with Crippen LogP contribution in [0, 0.1) is 0 Å². The Kier molecular flexibility index (Phi) is 12.4. The van der Waals surface area contributed by atoms with E-state index >= 15 is 0 Å². The van der Waals surface area contributed by atoms with Gasteiger partial charge >= 0.3 is 0 Å². The predicted octanol–water partition coefficient (Wildman–Crippen LogP) is 6.25. The molecule has 5 N–H and O–H groups in total. The standard InChI is InChI=1S/C21H24ClN5O3S.C20H22ClN5O/c1-27-19-13(11-17(20(27)28)16-5-3-4-6-18(16)22)12-23-21(25-19)24-14-7-9-15(10-8-14)26-31(2,29)30;1-26-18-12(10-16(19(26)27)15-4-2-3-5-17(15)21)11-23-20(25-18)24-14-8-6-13(22)7-9-14/h3-6,11-12,14-15,26H,7-10H2,1-2H3,(H,23,24,25);2-5,10-11,13-14H,6-9,22H2,1H3,(H,23,24,25). The summed E-state index contributed by atoms with van der Waals surface area (Å²) in [6, 6.07) is 18.9. The van der Waals surface area contributed by atoms with Gasteiger partial charge in [-0.15, -0.1) is 0 Å². The van der Waals surface area contributed by atoms with Crippen molar-refractivity contribution in [2.45, 2.75) is 75.5 Å². The number of halogens is 2. The summed E-state index contributed by atoms with van der Waals surface area (Å²) in [5.74, 6) is 0.996. The Morgan fingerprint density at radius 3 is 1.45 bits per heavy atom. The molecule has 58 heavy (non-hydrogen) atoms. The Labute approximate surface area is 346 Å². The van der Waals surface area contributed by atoms with Gasteiger partial charge in [-0.1, -0.05) is 59.6 Å². The Morgan fingerprint density at radius 2 is 1.03 bits per heavy atom. The fourth-order valence-corrected chi connectivity index (χ4v) is 8.98. The number of sulfonamides is 1. The lowest BCUT2D eigenvalue weighted by molar-refractivity contribution is 0.387. The monoisotopic (exact) mass is 844 g/mol.